The maximum Gasteiger partial charge on any atom is 0.228 e. The van der Waals surface area contributed by atoms with Crippen LogP contribution in [-0.4, -0.2) is 23.9 Å². The average Bonchev–Trinajstić information content (AvgIpc) is 2.65. The van der Waals surface area contributed by atoms with Crippen molar-refractivity contribution >= 4 is 11.6 Å². The van der Waals surface area contributed by atoms with E-state index < -0.39 is 0 Å². The van der Waals surface area contributed by atoms with Crippen LogP contribution in [0, 0.1) is 17.2 Å². The minimum atomic E-state index is 0.0243. The van der Waals surface area contributed by atoms with E-state index in [4.69, 9.17) is 5.26 Å². The van der Waals surface area contributed by atoms with Gasteiger partial charge < -0.3 is 5.32 Å². The van der Waals surface area contributed by atoms with Gasteiger partial charge in [-0.1, -0.05) is 42.5 Å². The van der Waals surface area contributed by atoms with Crippen molar-refractivity contribution in [1.29, 1.82) is 5.26 Å². The predicted octanol–water partition coefficient (Wildman–Crippen LogP) is 3.60. The van der Waals surface area contributed by atoms with Crippen molar-refractivity contribution in [3.63, 3.8) is 0 Å². The van der Waals surface area contributed by atoms with Crippen molar-refractivity contribution in [3.05, 3.63) is 65.7 Å². The average molecular weight is 333 g/mol. The third-order valence-electron chi connectivity index (χ3n) is 4.63. The standard InChI is InChI=1S/C21H23N3O/c22-13-12-17-8-10-20(11-9-17)23-21(25)19-7-4-14-24(16-19)15-18-5-2-1-3-6-18/h1-3,5-6,8-11,19H,4,7,12,14-16H2,(H,23,25). The number of hydrogen-bond donors (Lipinski definition) is 1. The first-order chi connectivity index (χ1) is 12.2. The Hall–Kier alpha value is -2.64. The molecule has 0 bridgehead atoms. The molecule has 1 atom stereocenters. The van der Waals surface area contributed by atoms with Crippen LogP contribution < -0.4 is 5.32 Å². The Balaban J connectivity index is 1.55. The van der Waals surface area contributed by atoms with Crippen LogP contribution in [0.2, 0.25) is 0 Å². The number of carbonyl (C=O) groups excluding carboxylic acids is 1. The van der Waals surface area contributed by atoms with E-state index in [0.717, 1.165) is 43.7 Å². The summed E-state index contributed by atoms with van der Waals surface area (Å²) in [5.41, 5.74) is 3.05. The van der Waals surface area contributed by atoms with E-state index in [0.29, 0.717) is 6.42 Å². The van der Waals surface area contributed by atoms with Crippen molar-refractivity contribution in [3.8, 4) is 6.07 Å². The Kier molecular flexibility index (Phi) is 5.81. The fourth-order valence-electron chi connectivity index (χ4n) is 3.30. The lowest BCUT2D eigenvalue weighted by Gasteiger charge is -2.32. The van der Waals surface area contributed by atoms with Crippen LogP contribution in [0.1, 0.15) is 24.0 Å². The highest BCUT2D eigenvalue weighted by molar-refractivity contribution is 5.92. The molecule has 0 radical (unpaired) electrons. The Labute approximate surface area is 149 Å². The summed E-state index contributed by atoms with van der Waals surface area (Å²) in [6, 6.07) is 20.0. The molecule has 1 N–H and O–H groups in total. The van der Waals surface area contributed by atoms with Gasteiger partial charge in [-0.05, 0) is 42.6 Å². The summed E-state index contributed by atoms with van der Waals surface area (Å²) in [5.74, 6) is 0.113. The number of carbonyl (C=O) groups is 1. The fourth-order valence-corrected chi connectivity index (χ4v) is 3.30. The van der Waals surface area contributed by atoms with Crippen LogP contribution in [0.4, 0.5) is 5.69 Å². The van der Waals surface area contributed by atoms with Crippen LogP contribution >= 0.6 is 0 Å². The number of hydrogen-bond acceptors (Lipinski definition) is 3. The molecule has 25 heavy (non-hydrogen) atoms. The third kappa shape index (κ3) is 4.91. The second-order valence-electron chi connectivity index (χ2n) is 6.58. The molecule has 0 saturated carbocycles. The molecule has 4 heteroatoms. The van der Waals surface area contributed by atoms with Gasteiger partial charge in [-0.2, -0.15) is 5.26 Å². The number of nitrogens with one attached hydrogen (secondary N) is 1. The molecule has 1 unspecified atom stereocenters. The summed E-state index contributed by atoms with van der Waals surface area (Å²) in [4.78, 5) is 14.9. The van der Waals surface area contributed by atoms with Gasteiger partial charge in [0.15, 0.2) is 0 Å². The lowest BCUT2D eigenvalue weighted by Crippen LogP contribution is -2.40. The van der Waals surface area contributed by atoms with Crippen molar-refractivity contribution in [2.45, 2.75) is 25.8 Å². The van der Waals surface area contributed by atoms with Crippen LogP contribution in [0.3, 0.4) is 0 Å². The maximum absolute atomic E-state index is 12.6. The van der Waals surface area contributed by atoms with Gasteiger partial charge in [0.1, 0.15) is 0 Å². The predicted molar refractivity (Wildman–Crippen MR) is 98.8 cm³/mol. The molecule has 4 nitrogen and oxygen atoms in total. The number of likely N-dealkylation sites (tertiary alicyclic amines) is 1. The SMILES string of the molecule is N#CCc1ccc(NC(=O)C2CCCN(Cc3ccccc3)C2)cc1. The Bertz CT molecular complexity index is 734. The van der Waals surface area contributed by atoms with Crippen LogP contribution in [0.5, 0.6) is 0 Å². The molecule has 2 aromatic carbocycles. The zero-order valence-corrected chi connectivity index (χ0v) is 14.3. The van der Waals surface area contributed by atoms with Gasteiger partial charge in [-0.25, -0.2) is 0 Å². The summed E-state index contributed by atoms with van der Waals surface area (Å²) in [7, 11) is 0. The number of amides is 1. The Morgan fingerprint density at radius 3 is 2.60 bits per heavy atom. The quantitative estimate of drug-likeness (QED) is 0.909. The second kappa shape index (κ2) is 8.46. The molecule has 128 valence electrons. The molecule has 0 aromatic heterocycles. The van der Waals surface area contributed by atoms with E-state index in [1.165, 1.54) is 5.56 Å². The van der Waals surface area contributed by atoms with Gasteiger partial charge in [-0.3, -0.25) is 9.69 Å². The fraction of sp³-hybridized carbons (Fsp3) is 0.333. The highest BCUT2D eigenvalue weighted by Crippen LogP contribution is 2.20. The zero-order valence-electron chi connectivity index (χ0n) is 14.3. The van der Waals surface area contributed by atoms with Gasteiger partial charge in [0, 0.05) is 18.8 Å². The zero-order chi connectivity index (χ0) is 17.5. The van der Waals surface area contributed by atoms with E-state index in [1.807, 2.05) is 30.3 Å². The first kappa shape index (κ1) is 17.2. The molecular weight excluding hydrogens is 310 g/mol. The molecule has 3 rings (SSSR count). The number of nitrogens with zero attached hydrogens (tertiary/aromatic N) is 2. The monoisotopic (exact) mass is 333 g/mol. The number of rotatable bonds is 5. The van der Waals surface area contributed by atoms with E-state index in [2.05, 4.69) is 40.6 Å². The molecule has 1 aliphatic rings. The van der Waals surface area contributed by atoms with Crippen molar-refractivity contribution in [1.82, 2.24) is 4.90 Å². The number of nitriles is 1. The Morgan fingerprint density at radius 1 is 1.12 bits per heavy atom. The van der Waals surface area contributed by atoms with Gasteiger partial charge >= 0.3 is 0 Å². The van der Waals surface area contributed by atoms with Gasteiger partial charge in [0.25, 0.3) is 0 Å². The number of anilines is 1. The summed E-state index contributed by atoms with van der Waals surface area (Å²) in [5, 5.41) is 11.7. The maximum atomic E-state index is 12.6. The molecule has 1 fully saturated rings. The number of piperidine rings is 1. The summed E-state index contributed by atoms with van der Waals surface area (Å²) < 4.78 is 0. The van der Waals surface area contributed by atoms with Crippen LogP contribution in [0.15, 0.2) is 54.6 Å². The summed E-state index contributed by atoms with van der Waals surface area (Å²) >= 11 is 0. The molecule has 1 saturated heterocycles. The third-order valence-corrected chi connectivity index (χ3v) is 4.63. The van der Waals surface area contributed by atoms with E-state index in [9.17, 15) is 4.79 Å². The summed E-state index contributed by atoms with van der Waals surface area (Å²) in [6.07, 6.45) is 2.38. The number of benzene rings is 2. The van der Waals surface area contributed by atoms with Crippen molar-refractivity contribution < 1.29 is 4.79 Å². The topological polar surface area (TPSA) is 56.1 Å². The van der Waals surface area contributed by atoms with Crippen LogP contribution in [0.25, 0.3) is 0 Å². The van der Waals surface area contributed by atoms with E-state index in [-0.39, 0.29) is 11.8 Å². The molecular formula is C21H23N3O. The van der Waals surface area contributed by atoms with Gasteiger partial charge in [0.05, 0.1) is 18.4 Å². The van der Waals surface area contributed by atoms with Gasteiger partial charge in [0.2, 0.25) is 5.91 Å². The molecule has 1 aliphatic heterocycles. The van der Waals surface area contributed by atoms with E-state index >= 15 is 0 Å². The van der Waals surface area contributed by atoms with Crippen molar-refractivity contribution in [2.75, 3.05) is 18.4 Å². The largest absolute Gasteiger partial charge is 0.326 e. The molecule has 1 amide bonds. The summed E-state index contributed by atoms with van der Waals surface area (Å²) in [6.45, 7) is 2.74. The minimum absolute atomic E-state index is 0.0243. The smallest absolute Gasteiger partial charge is 0.228 e. The normalized spacial score (nSPS) is 17.6. The molecule has 0 aliphatic carbocycles. The lowest BCUT2D eigenvalue weighted by molar-refractivity contribution is -0.121. The van der Waals surface area contributed by atoms with Crippen molar-refractivity contribution in [2.24, 2.45) is 5.92 Å². The highest BCUT2D eigenvalue weighted by atomic mass is 16.1. The van der Waals surface area contributed by atoms with Gasteiger partial charge in [-0.15, -0.1) is 0 Å². The minimum Gasteiger partial charge on any atom is -0.326 e. The lowest BCUT2D eigenvalue weighted by atomic mass is 9.96. The van der Waals surface area contributed by atoms with Crippen LogP contribution in [-0.2, 0) is 17.8 Å². The Morgan fingerprint density at radius 2 is 1.88 bits per heavy atom. The van der Waals surface area contributed by atoms with E-state index in [1.54, 1.807) is 0 Å². The first-order valence-electron chi connectivity index (χ1n) is 8.77. The molecule has 0 spiro atoms. The molecule has 1 heterocycles. The molecule has 2 aromatic rings. The first-order valence-corrected chi connectivity index (χ1v) is 8.77. The second-order valence-corrected chi connectivity index (χ2v) is 6.58. The highest BCUT2D eigenvalue weighted by Gasteiger charge is 2.25.